The lowest BCUT2D eigenvalue weighted by atomic mass is 10.0. The van der Waals surface area contributed by atoms with Gasteiger partial charge in [0.25, 0.3) is 0 Å². The monoisotopic (exact) mass is 428 g/mol. The van der Waals surface area contributed by atoms with E-state index in [9.17, 15) is 4.39 Å². The molecule has 0 spiro atoms. The zero-order valence-corrected chi connectivity index (χ0v) is 17.9. The number of fused-ring (bicyclic) bond motifs is 2. The molecule has 0 saturated carbocycles. The Balaban J connectivity index is 1.79. The van der Waals surface area contributed by atoms with Gasteiger partial charge < -0.3 is 24.3 Å². The second kappa shape index (κ2) is 8.23. The van der Waals surface area contributed by atoms with Crippen molar-refractivity contribution < 1.29 is 23.3 Å². The number of halogens is 1. The van der Waals surface area contributed by atoms with E-state index in [1.807, 2.05) is 18.2 Å². The lowest BCUT2D eigenvalue weighted by Crippen LogP contribution is -2.04. The van der Waals surface area contributed by atoms with Crippen molar-refractivity contribution in [3.63, 3.8) is 0 Å². The smallest absolute Gasteiger partial charge is 0.184 e. The molecule has 30 heavy (non-hydrogen) atoms. The van der Waals surface area contributed by atoms with E-state index in [2.05, 4.69) is 10.3 Å². The second-order valence-electron chi connectivity index (χ2n) is 6.48. The lowest BCUT2D eigenvalue weighted by molar-refractivity contribution is 0.390. The van der Waals surface area contributed by atoms with Gasteiger partial charge in [0.1, 0.15) is 28.8 Å². The van der Waals surface area contributed by atoms with E-state index in [0.29, 0.717) is 34.7 Å². The number of methoxy groups -OCH3 is 4. The molecule has 0 radical (unpaired) electrons. The van der Waals surface area contributed by atoms with E-state index in [4.69, 9.17) is 18.9 Å². The summed E-state index contributed by atoms with van der Waals surface area (Å²) in [6, 6.07) is 10.1. The molecule has 3 aromatic carbocycles. The van der Waals surface area contributed by atoms with Crippen LogP contribution in [0.1, 0.15) is 5.56 Å². The zero-order valence-electron chi connectivity index (χ0n) is 17.0. The van der Waals surface area contributed by atoms with Crippen LogP contribution in [0.3, 0.4) is 0 Å². The van der Waals surface area contributed by atoms with Gasteiger partial charge in [-0.1, -0.05) is 11.3 Å². The molecule has 4 rings (SSSR count). The van der Waals surface area contributed by atoms with Gasteiger partial charge in [-0.2, -0.15) is 0 Å². The minimum absolute atomic E-state index is 0.278. The van der Waals surface area contributed by atoms with Crippen LogP contribution in [0.5, 0.6) is 23.0 Å². The second-order valence-corrected chi connectivity index (χ2v) is 7.51. The molecule has 156 valence electrons. The summed E-state index contributed by atoms with van der Waals surface area (Å²) in [5.74, 6) is 2.33. The molecule has 0 unspecified atom stereocenters. The van der Waals surface area contributed by atoms with Crippen molar-refractivity contribution in [3.8, 4) is 23.0 Å². The third-order valence-electron chi connectivity index (χ3n) is 4.84. The van der Waals surface area contributed by atoms with Crippen LogP contribution in [0, 0.1) is 5.82 Å². The fraction of sp³-hybridized carbons (Fsp3) is 0.227. The third kappa shape index (κ3) is 3.43. The lowest BCUT2D eigenvalue weighted by Gasteiger charge is -2.19. The zero-order chi connectivity index (χ0) is 21.3. The van der Waals surface area contributed by atoms with Gasteiger partial charge in [-0.05, 0) is 36.4 Å². The van der Waals surface area contributed by atoms with Gasteiger partial charge in [0.2, 0.25) is 0 Å². The highest BCUT2D eigenvalue weighted by Gasteiger charge is 2.21. The Kier molecular flexibility index (Phi) is 5.50. The van der Waals surface area contributed by atoms with Crippen LogP contribution in [0.2, 0.25) is 0 Å². The quantitative estimate of drug-likeness (QED) is 0.435. The van der Waals surface area contributed by atoms with Gasteiger partial charge in [0.15, 0.2) is 5.13 Å². The number of nitrogens with zero attached hydrogens (tertiary/aromatic N) is 1. The van der Waals surface area contributed by atoms with Gasteiger partial charge >= 0.3 is 0 Å². The van der Waals surface area contributed by atoms with E-state index < -0.39 is 0 Å². The van der Waals surface area contributed by atoms with E-state index in [0.717, 1.165) is 26.6 Å². The fourth-order valence-corrected chi connectivity index (χ4v) is 4.39. The average Bonchev–Trinajstić information content (AvgIpc) is 3.17. The normalized spacial score (nSPS) is 11.0. The highest BCUT2D eigenvalue weighted by Crippen LogP contribution is 2.46. The number of nitrogens with one attached hydrogen (secondary N) is 1. The number of ether oxygens (including phenoxy) is 4. The Hall–Kier alpha value is -3.26. The Labute approximate surface area is 177 Å². The molecule has 0 fully saturated rings. The van der Waals surface area contributed by atoms with E-state index >= 15 is 0 Å². The predicted octanol–water partition coefficient (Wildman–Crippen LogP) is 5.24. The number of thiazole rings is 1. The Morgan fingerprint density at radius 2 is 1.57 bits per heavy atom. The first-order valence-electron chi connectivity index (χ1n) is 9.18. The van der Waals surface area contributed by atoms with Crippen molar-refractivity contribution in [1.29, 1.82) is 0 Å². The summed E-state index contributed by atoms with van der Waals surface area (Å²) in [7, 11) is 6.44. The highest BCUT2D eigenvalue weighted by atomic mass is 32.1. The molecule has 6 nitrogen and oxygen atoms in total. The maximum atomic E-state index is 13.5. The average molecular weight is 428 g/mol. The van der Waals surface area contributed by atoms with Crippen molar-refractivity contribution in [2.45, 2.75) is 6.54 Å². The summed E-state index contributed by atoms with van der Waals surface area (Å²) >= 11 is 1.39. The Bertz CT molecular complexity index is 1230. The van der Waals surface area contributed by atoms with Crippen molar-refractivity contribution in [2.75, 3.05) is 33.8 Å². The molecule has 0 bridgehead atoms. The third-order valence-corrected chi connectivity index (χ3v) is 5.82. The van der Waals surface area contributed by atoms with Crippen LogP contribution >= 0.6 is 11.3 Å². The first-order chi connectivity index (χ1) is 14.6. The summed E-state index contributed by atoms with van der Waals surface area (Å²) in [6.07, 6.45) is 0. The SMILES string of the molecule is COc1ccc(OC)c2c(OC)c(CNc3nc4ccc(F)cc4s3)cc(OC)c12. The number of hydrogen-bond donors (Lipinski definition) is 1. The minimum Gasteiger partial charge on any atom is -0.496 e. The molecule has 8 heteroatoms. The molecule has 0 aliphatic carbocycles. The molecular formula is C22H21FN2O4S. The van der Waals surface area contributed by atoms with Crippen molar-refractivity contribution in [3.05, 3.63) is 47.8 Å². The number of rotatable bonds is 7. The molecule has 0 aliphatic heterocycles. The molecule has 0 amide bonds. The summed E-state index contributed by atoms with van der Waals surface area (Å²) in [5, 5.41) is 5.53. The largest absolute Gasteiger partial charge is 0.496 e. The van der Waals surface area contributed by atoms with Gasteiger partial charge in [0, 0.05) is 12.1 Å². The van der Waals surface area contributed by atoms with Crippen LogP contribution in [0.4, 0.5) is 9.52 Å². The molecule has 0 aliphatic rings. The van der Waals surface area contributed by atoms with Gasteiger partial charge in [0.05, 0.1) is 49.4 Å². The minimum atomic E-state index is -0.278. The molecule has 1 aromatic heterocycles. The number of hydrogen-bond acceptors (Lipinski definition) is 7. The van der Waals surface area contributed by atoms with Gasteiger partial charge in [-0.15, -0.1) is 0 Å². The van der Waals surface area contributed by atoms with Gasteiger partial charge in [-0.3, -0.25) is 0 Å². The molecule has 0 atom stereocenters. The standard InChI is InChI=1S/C22H21FN2O4S/c1-26-15-7-8-16(27-2)20-19(15)17(28-3)9-12(21(20)29-4)11-24-22-25-14-6-5-13(23)10-18(14)30-22/h5-10H,11H2,1-4H3,(H,24,25). The van der Waals surface area contributed by atoms with E-state index in [1.54, 1.807) is 34.5 Å². The molecule has 1 heterocycles. The van der Waals surface area contributed by atoms with Crippen molar-refractivity contribution in [2.24, 2.45) is 0 Å². The summed E-state index contributed by atoms with van der Waals surface area (Å²) < 4.78 is 36.8. The molecule has 1 N–H and O–H groups in total. The first kappa shape index (κ1) is 20.0. The number of anilines is 1. The molecule has 4 aromatic rings. The maximum absolute atomic E-state index is 13.5. The van der Waals surface area contributed by atoms with E-state index in [1.165, 1.54) is 23.5 Å². The summed E-state index contributed by atoms with van der Waals surface area (Å²) in [6.45, 7) is 0.429. The summed E-state index contributed by atoms with van der Waals surface area (Å²) in [5.41, 5.74) is 1.61. The highest BCUT2D eigenvalue weighted by molar-refractivity contribution is 7.22. The maximum Gasteiger partial charge on any atom is 0.184 e. The molecule has 0 saturated heterocycles. The van der Waals surface area contributed by atoms with Crippen LogP contribution in [0.15, 0.2) is 36.4 Å². The van der Waals surface area contributed by atoms with Crippen LogP contribution in [0.25, 0.3) is 21.0 Å². The van der Waals surface area contributed by atoms with Crippen LogP contribution in [-0.4, -0.2) is 33.4 Å². The van der Waals surface area contributed by atoms with E-state index in [-0.39, 0.29) is 5.82 Å². The number of aromatic nitrogens is 1. The first-order valence-corrected chi connectivity index (χ1v) is 9.99. The topological polar surface area (TPSA) is 61.8 Å². The Morgan fingerprint density at radius 1 is 0.867 bits per heavy atom. The Morgan fingerprint density at radius 3 is 2.23 bits per heavy atom. The molecular weight excluding hydrogens is 407 g/mol. The van der Waals surface area contributed by atoms with Crippen molar-refractivity contribution >= 4 is 37.5 Å². The predicted molar refractivity (Wildman–Crippen MR) is 117 cm³/mol. The van der Waals surface area contributed by atoms with Crippen LogP contribution < -0.4 is 24.3 Å². The van der Waals surface area contributed by atoms with Crippen LogP contribution in [-0.2, 0) is 6.54 Å². The van der Waals surface area contributed by atoms with Gasteiger partial charge in [-0.25, -0.2) is 9.37 Å². The number of benzene rings is 3. The fourth-order valence-electron chi connectivity index (χ4n) is 3.50. The summed E-state index contributed by atoms with van der Waals surface area (Å²) in [4.78, 5) is 4.51. The van der Waals surface area contributed by atoms with Crippen molar-refractivity contribution in [1.82, 2.24) is 4.98 Å².